The Bertz CT molecular complexity index is 820. The van der Waals surface area contributed by atoms with Crippen LogP contribution in [0.1, 0.15) is 5.69 Å². The van der Waals surface area contributed by atoms with Crippen LogP contribution in [0.2, 0.25) is 0 Å². The molecule has 2 heterocycles. The van der Waals surface area contributed by atoms with Crippen molar-refractivity contribution in [2.75, 3.05) is 25.6 Å². The normalized spacial score (nSPS) is 10.8. The molecular formula is C17H17FN4OS. The molecule has 0 unspecified atom stereocenters. The van der Waals surface area contributed by atoms with Crippen LogP contribution in [0.15, 0.2) is 36.0 Å². The van der Waals surface area contributed by atoms with Crippen LogP contribution in [0.5, 0.6) is 0 Å². The lowest BCUT2D eigenvalue weighted by atomic mass is 10.0. The molecule has 7 heteroatoms. The first-order valence-corrected chi connectivity index (χ1v) is 8.33. The van der Waals surface area contributed by atoms with Crippen LogP contribution in [0.4, 0.5) is 10.3 Å². The van der Waals surface area contributed by atoms with Gasteiger partial charge < -0.3 is 10.1 Å². The summed E-state index contributed by atoms with van der Waals surface area (Å²) >= 11 is 1.52. The second kappa shape index (κ2) is 7.46. The Morgan fingerprint density at radius 3 is 2.67 bits per heavy atom. The van der Waals surface area contributed by atoms with Crippen molar-refractivity contribution in [2.45, 2.75) is 6.92 Å². The SMILES string of the molecule is COCCNc1ncc(-c2ccc(F)cc2)c(-c2scnc2C)n1. The van der Waals surface area contributed by atoms with Gasteiger partial charge in [-0.15, -0.1) is 11.3 Å². The molecule has 0 saturated heterocycles. The fourth-order valence-electron chi connectivity index (χ4n) is 2.27. The van der Waals surface area contributed by atoms with Crippen LogP contribution >= 0.6 is 11.3 Å². The van der Waals surface area contributed by atoms with E-state index in [0.29, 0.717) is 19.1 Å². The number of methoxy groups -OCH3 is 1. The number of anilines is 1. The summed E-state index contributed by atoms with van der Waals surface area (Å²) in [4.78, 5) is 14.3. The van der Waals surface area contributed by atoms with Crippen LogP contribution in [-0.4, -0.2) is 35.2 Å². The van der Waals surface area contributed by atoms with Gasteiger partial charge in [-0.25, -0.2) is 19.3 Å². The van der Waals surface area contributed by atoms with Gasteiger partial charge in [0.25, 0.3) is 0 Å². The van der Waals surface area contributed by atoms with Gasteiger partial charge in [0.1, 0.15) is 5.82 Å². The van der Waals surface area contributed by atoms with Gasteiger partial charge in [-0.1, -0.05) is 12.1 Å². The zero-order valence-electron chi connectivity index (χ0n) is 13.4. The summed E-state index contributed by atoms with van der Waals surface area (Å²) in [6.07, 6.45) is 1.75. The molecule has 0 aliphatic rings. The van der Waals surface area contributed by atoms with Crippen molar-refractivity contribution in [3.63, 3.8) is 0 Å². The molecule has 3 aromatic rings. The van der Waals surface area contributed by atoms with Crippen molar-refractivity contribution < 1.29 is 9.13 Å². The van der Waals surface area contributed by atoms with E-state index < -0.39 is 0 Å². The van der Waals surface area contributed by atoms with E-state index in [1.165, 1.54) is 23.5 Å². The Morgan fingerprint density at radius 1 is 1.21 bits per heavy atom. The lowest BCUT2D eigenvalue weighted by Crippen LogP contribution is -2.10. The summed E-state index contributed by atoms with van der Waals surface area (Å²) < 4.78 is 18.2. The molecule has 0 fully saturated rings. The van der Waals surface area contributed by atoms with E-state index in [-0.39, 0.29) is 5.82 Å². The minimum Gasteiger partial charge on any atom is -0.383 e. The lowest BCUT2D eigenvalue weighted by Gasteiger charge is -2.11. The third-order valence-corrected chi connectivity index (χ3v) is 4.43. The molecule has 0 aliphatic heterocycles. The first-order valence-electron chi connectivity index (χ1n) is 7.45. The van der Waals surface area contributed by atoms with E-state index in [1.54, 1.807) is 30.9 Å². The Morgan fingerprint density at radius 2 is 2.00 bits per heavy atom. The lowest BCUT2D eigenvalue weighted by molar-refractivity contribution is 0.210. The van der Waals surface area contributed by atoms with E-state index in [1.807, 2.05) is 6.92 Å². The fourth-order valence-corrected chi connectivity index (χ4v) is 3.08. The molecule has 0 amide bonds. The molecule has 124 valence electrons. The molecule has 0 bridgehead atoms. The summed E-state index contributed by atoms with van der Waals surface area (Å²) in [6.45, 7) is 3.13. The van der Waals surface area contributed by atoms with Gasteiger partial charge in [0.05, 0.1) is 28.4 Å². The highest BCUT2D eigenvalue weighted by Gasteiger charge is 2.15. The maximum atomic E-state index is 13.2. The van der Waals surface area contributed by atoms with Crippen LogP contribution in [0, 0.1) is 12.7 Å². The first-order chi connectivity index (χ1) is 11.7. The molecule has 3 rings (SSSR count). The molecule has 0 spiro atoms. The molecule has 1 N–H and O–H groups in total. The van der Waals surface area contributed by atoms with Crippen LogP contribution in [0.25, 0.3) is 21.7 Å². The number of aryl methyl sites for hydroxylation is 1. The Labute approximate surface area is 143 Å². The van der Waals surface area contributed by atoms with E-state index in [0.717, 1.165) is 27.4 Å². The summed E-state index contributed by atoms with van der Waals surface area (Å²) in [7, 11) is 1.65. The highest BCUT2D eigenvalue weighted by atomic mass is 32.1. The minimum absolute atomic E-state index is 0.270. The standard InChI is InChI=1S/C17H17FN4OS/c1-11-16(24-10-21-11)15-14(12-3-5-13(18)6-4-12)9-20-17(22-15)19-7-8-23-2/h3-6,9-10H,7-8H2,1-2H3,(H,19,20,22). The number of rotatable bonds is 6. The number of ether oxygens (including phenoxy) is 1. The summed E-state index contributed by atoms with van der Waals surface area (Å²) in [5.74, 6) is 0.258. The van der Waals surface area contributed by atoms with Gasteiger partial charge in [0, 0.05) is 25.4 Å². The Balaban J connectivity index is 2.04. The largest absolute Gasteiger partial charge is 0.383 e. The number of benzene rings is 1. The van der Waals surface area contributed by atoms with Crippen molar-refractivity contribution in [1.29, 1.82) is 0 Å². The number of hydrogen-bond donors (Lipinski definition) is 1. The number of nitrogens with one attached hydrogen (secondary N) is 1. The highest BCUT2D eigenvalue weighted by molar-refractivity contribution is 7.13. The van der Waals surface area contributed by atoms with Crippen molar-refractivity contribution in [3.05, 3.63) is 47.5 Å². The number of thiazole rings is 1. The average molecular weight is 344 g/mol. The second-order valence-corrected chi connectivity index (χ2v) is 6.00. The van der Waals surface area contributed by atoms with E-state index >= 15 is 0 Å². The molecule has 1 aromatic carbocycles. The topological polar surface area (TPSA) is 59.9 Å². The summed E-state index contributed by atoms with van der Waals surface area (Å²) in [6, 6.07) is 6.32. The maximum Gasteiger partial charge on any atom is 0.223 e. The number of hydrogen-bond acceptors (Lipinski definition) is 6. The zero-order valence-corrected chi connectivity index (χ0v) is 14.2. The molecule has 0 aliphatic carbocycles. The molecule has 2 aromatic heterocycles. The van der Waals surface area contributed by atoms with Gasteiger partial charge in [-0.05, 0) is 24.6 Å². The van der Waals surface area contributed by atoms with Gasteiger partial charge in [-0.3, -0.25) is 0 Å². The summed E-state index contributed by atoms with van der Waals surface area (Å²) in [5, 5.41) is 3.13. The summed E-state index contributed by atoms with van der Waals surface area (Å²) in [5.41, 5.74) is 5.20. The zero-order chi connectivity index (χ0) is 16.9. The predicted octanol–water partition coefficient (Wildman–Crippen LogP) is 3.77. The molecule has 0 radical (unpaired) electrons. The van der Waals surface area contributed by atoms with Gasteiger partial charge in [0.15, 0.2) is 0 Å². The minimum atomic E-state index is -0.270. The average Bonchev–Trinajstić information content (AvgIpc) is 3.02. The quantitative estimate of drug-likeness (QED) is 0.690. The molecule has 0 saturated carbocycles. The third-order valence-electron chi connectivity index (χ3n) is 3.49. The molecule has 5 nitrogen and oxygen atoms in total. The number of halogens is 1. The van der Waals surface area contributed by atoms with E-state index in [4.69, 9.17) is 4.74 Å². The third kappa shape index (κ3) is 3.58. The highest BCUT2D eigenvalue weighted by Crippen LogP contribution is 2.34. The van der Waals surface area contributed by atoms with Gasteiger partial charge in [0.2, 0.25) is 5.95 Å². The van der Waals surface area contributed by atoms with Crippen LogP contribution in [-0.2, 0) is 4.74 Å². The Kier molecular flexibility index (Phi) is 5.12. The van der Waals surface area contributed by atoms with E-state index in [9.17, 15) is 4.39 Å². The van der Waals surface area contributed by atoms with Crippen molar-refractivity contribution in [3.8, 4) is 21.7 Å². The first kappa shape index (κ1) is 16.5. The monoisotopic (exact) mass is 344 g/mol. The Hall–Kier alpha value is -2.38. The number of aromatic nitrogens is 3. The van der Waals surface area contributed by atoms with Crippen molar-refractivity contribution in [2.24, 2.45) is 0 Å². The van der Waals surface area contributed by atoms with Crippen LogP contribution in [0.3, 0.4) is 0 Å². The molecule has 24 heavy (non-hydrogen) atoms. The predicted molar refractivity (Wildman–Crippen MR) is 93.6 cm³/mol. The van der Waals surface area contributed by atoms with Gasteiger partial charge in [-0.2, -0.15) is 0 Å². The van der Waals surface area contributed by atoms with Crippen molar-refractivity contribution in [1.82, 2.24) is 15.0 Å². The van der Waals surface area contributed by atoms with E-state index in [2.05, 4.69) is 20.3 Å². The molecular weight excluding hydrogens is 327 g/mol. The number of nitrogens with zero attached hydrogens (tertiary/aromatic N) is 3. The van der Waals surface area contributed by atoms with Crippen LogP contribution < -0.4 is 5.32 Å². The smallest absolute Gasteiger partial charge is 0.223 e. The fraction of sp³-hybridized carbons (Fsp3) is 0.235. The second-order valence-electron chi connectivity index (χ2n) is 5.15. The molecule has 0 atom stereocenters. The van der Waals surface area contributed by atoms with Gasteiger partial charge >= 0.3 is 0 Å². The maximum absolute atomic E-state index is 13.2. The van der Waals surface area contributed by atoms with Crippen molar-refractivity contribution >= 4 is 17.3 Å².